The normalized spacial score (nSPS) is 34.3. The van der Waals surface area contributed by atoms with Crippen LogP contribution in [0.15, 0.2) is 12.2 Å². The van der Waals surface area contributed by atoms with E-state index in [0.29, 0.717) is 0 Å². The van der Waals surface area contributed by atoms with Crippen molar-refractivity contribution in [1.29, 1.82) is 0 Å². The summed E-state index contributed by atoms with van der Waals surface area (Å²) >= 11 is 0. The van der Waals surface area contributed by atoms with Gasteiger partial charge < -0.3 is 0 Å². The lowest BCUT2D eigenvalue weighted by molar-refractivity contribution is 0.290. The minimum atomic E-state index is 0.788. The average molecular weight is 208 g/mol. The van der Waals surface area contributed by atoms with E-state index in [4.69, 9.17) is 0 Å². The molecule has 3 unspecified atom stereocenters. The monoisotopic (exact) mass is 208 g/mol. The van der Waals surface area contributed by atoms with E-state index >= 15 is 0 Å². The van der Waals surface area contributed by atoms with E-state index in [9.17, 15) is 0 Å². The summed E-state index contributed by atoms with van der Waals surface area (Å²) in [6.45, 7) is 9.54. The molecule has 1 rings (SSSR count). The maximum atomic E-state index is 2.43. The molecule has 0 aromatic heterocycles. The first-order valence-electron chi connectivity index (χ1n) is 6.76. The quantitative estimate of drug-likeness (QED) is 0.529. The maximum absolute atomic E-state index is 2.43. The van der Waals surface area contributed by atoms with Gasteiger partial charge in [-0.2, -0.15) is 0 Å². The van der Waals surface area contributed by atoms with Crippen molar-refractivity contribution in [1.82, 2.24) is 0 Å². The van der Waals surface area contributed by atoms with Crippen LogP contribution in [0.25, 0.3) is 0 Å². The first-order chi connectivity index (χ1) is 7.09. The van der Waals surface area contributed by atoms with Crippen LogP contribution < -0.4 is 0 Å². The smallest absolute Gasteiger partial charge is 0.0262 e. The van der Waals surface area contributed by atoms with Gasteiger partial charge in [0.2, 0.25) is 0 Å². The van der Waals surface area contributed by atoms with Crippen LogP contribution in [0.2, 0.25) is 0 Å². The molecule has 0 saturated heterocycles. The van der Waals surface area contributed by atoms with Gasteiger partial charge in [0.25, 0.3) is 0 Å². The Morgan fingerprint density at radius 2 is 1.67 bits per heavy atom. The molecule has 0 aromatic rings. The summed E-state index contributed by atoms with van der Waals surface area (Å²) in [4.78, 5) is 0. The van der Waals surface area contributed by atoms with Gasteiger partial charge in [-0.25, -0.2) is 0 Å². The van der Waals surface area contributed by atoms with E-state index < -0.39 is 0 Å². The molecule has 0 heteroatoms. The Balaban J connectivity index is 2.54. The third-order valence-corrected chi connectivity index (χ3v) is 3.97. The number of hydrogen-bond acceptors (Lipinski definition) is 0. The van der Waals surface area contributed by atoms with Crippen molar-refractivity contribution in [3.05, 3.63) is 12.2 Å². The van der Waals surface area contributed by atoms with E-state index in [1.165, 1.54) is 32.1 Å². The van der Waals surface area contributed by atoms with Gasteiger partial charge in [-0.3, -0.25) is 0 Å². The van der Waals surface area contributed by atoms with Crippen LogP contribution in [0.1, 0.15) is 59.8 Å². The zero-order valence-corrected chi connectivity index (χ0v) is 11.0. The van der Waals surface area contributed by atoms with E-state index in [2.05, 4.69) is 39.8 Å². The molecule has 0 heterocycles. The Labute approximate surface area is 96.2 Å². The van der Waals surface area contributed by atoms with Crippen molar-refractivity contribution in [2.24, 2.45) is 23.7 Å². The van der Waals surface area contributed by atoms with Gasteiger partial charge in [0.15, 0.2) is 0 Å². The van der Waals surface area contributed by atoms with Gasteiger partial charge >= 0.3 is 0 Å². The van der Waals surface area contributed by atoms with Crippen LogP contribution >= 0.6 is 0 Å². The van der Waals surface area contributed by atoms with E-state index in [1.54, 1.807) is 0 Å². The highest BCUT2D eigenvalue weighted by molar-refractivity contribution is 4.89. The van der Waals surface area contributed by atoms with Crippen molar-refractivity contribution < 1.29 is 0 Å². The second kappa shape index (κ2) is 6.35. The van der Waals surface area contributed by atoms with Crippen LogP contribution in [0, 0.1) is 23.7 Å². The van der Waals surface area contributed by atoms with Crippen molar-refractivity contribution in [2.75, 3.05) is 0 Å². The fourth-order valence-corrected chi connectivity index (χ4v) is 2.54. The molecule has 0 amide bonds. The molecule has 1 aliphatic carbocycles. The molecule has 0 N–H and O–H groups in total. The van der Waals surface area contributed by atoms with E-state index in [-0.39, 0.29) is 0 Å². The Hall–Kier alpha value is -0.260. The van der Waals surface area contributed by atoms with Crippen LogP contribution in [0.5, 0.6) is 0 Å². The second-order valence-electron chi connectivity index (χ2n) is 5.91. The van der Waals surface area contributed by atoms with Gasteiger partial charge in [-0.1, -0.05) is 46.3 Å². The molecule has 0 aromatic carbocycles. The summed E-state index contributed by atoms with van der Waals surface area (Å²) in [7, 11) is 0. The minimum absolute atomic E-state index is 0.788. The highest BCUT2D eigenvalue weighted by Crippen LogP contribution is 2.28. The number of rotatable bonds is 1. The summed E-state index contributed by atoms with van der Waals surface area (Å²) < 4.78 is 0. The molecule has 0 saturated carbocycles. The molecular weight excluding hydrogens is 180 g/mol. The first kappa shape index (κ1) is 12.8. The molecule has 0 bridgehead atoms. The summed E-state index contributed by atoms with van der Waals surface area (Å²) in [5, 5.41) is 0. The first-order valence-corrected chi connectivity index (χ1v) is 6.76. The van der Waals surface area contributed by atoms with Gasteiger partial charge in [-0.15, -0.1) is 0 Å². The Kier molecular flexibility index (Phi) is 5.42. The standard InChI is InChI=1S/C15H28/c1-12(2)15-10-8-13(3)6-5-7-14(4)9-11-15/h5-6,12-15H,7-11H2,1-4H3. The molecule has 0 fully saturated rings. The van der Waals surface area contributed by atoms with Crippen LogP contribution in [-0.2, 0) is 0 Å². The second-order valence-corrected chi connectivity index (χ2v) is 5.91. The SMILES string of the molecule is CC1C=CCC(C)CCC(C(C)C)CC1. The van der Waals surface area contributed by atoms with Crippen LogP contribution in [-0.4, -0.2) is 0 Å². The third-order valence-electron chi connectivity index (χ3n) is 3.97. The van der Waals surface area contributed by atoms with Gasteiger partial charge in [0.05, 0.1) is 0 Å². The maximum Gasteiger partial charge on any atom is -0.0262 e. The summed E-state index contributed by atoms with van der Waals surface area (Å²) in [5.41, 5.74) is 0. The lowest BCUT2D eigenvalue weighted by Crippen LogP contribution is -2.12. The van der Waals surface area contributed by atoms with Crippen molar-refractivity contribution >= 4 is 0 Å². The van der Waals surface area contributed by atoms with E-state index in [1.807, 2.05) is 0 Å². The molecule has 3 atom stereocenters. The molecule has 88 valence electrons. The van der Waals surface area contributed by atoms with Crippen molar-refractivity contribution in [3.8, 4) is 0 Å². The van der Waals surface area contributed by atoms with Crippen LogP contribution in [0.3, 0.4) is 0 Å². The summed E-state index contributed by atoms with van der Waals surface area (Å²) in [6.07, 6.45) is 11.8. The summed E-state index contributed by atoms with van der Waals surface area (Å²) in [5.74, 6) is 3.50. The molecule has 0 radical (unpaired) electrons. The highest BCUT2D eigenvalue weighted by atomic mass is 14.2. The average Bonchev–Trinajstić information content (AvgIpc) is 2.16. The Bertz CT molecular complexity index is 190. The predicted molar refractivity (Wildman–Crippen MR) is 68.9 cm³/mol. The Morgan fingerprint density at radius 3 is 2.33 bits per heavy atom. The number of hydrogen-bond donors (Lipinski definition) is 0. The van der Waals surface area contributed by atoms with Gasteiger partial charge in [-0.05, 0) is 49.4 Å². The third kappa shape index (κ3) is 4.86. The molecular formula is C15H28. The predicted octanol–water partition coefficient (Wildman–Crippen LogP) is 5.05. The lowest BCUT2D eigenvalue weighted by atomic mass is 9.82. The topological polar surface area (TPSA) is 0 Å². The van der Waals surface area contributed by atoms with Gasteiger partial charge in [0, 0.05) is 0 Å². The molecule has 15 heavy (non-hydrogen) atoms. The van der Waals surface area contributed by atoms with Crippen LogP contribution in [0.4, 0.5) is 0 Å². The van der Waals surface area contributed by atoms with Crippen molar-refractivity contribution in [3.63, 3.8) is 0 Å². The summed E-state index contributed by atoms with van der Waals surface area (Å²) in [6, 6.07) is 0. The zero-order chi connectivity index (χ0) is 11.3. The fourth-order valence-electron chi connectivity index (χ4n) is 2.54. The number of allylic oxidation sites excluding steroid dienone is 2. The minimum Gasteiger partial charge on any atom is -0.0880 e. The molecule has 0 aliphatic heterocycles. The Morgan fingerprint density at radius 1 is 1.00 bits per heavy atom. The molecule has 0 nitrogen and oxygen atoms in total. The molecule has 1 aliphatic rings. The molecule has 0 spiro atoms. The lowest BCUT2D eigenvalue weighted by Gasteiger charge is -2.24. The zero-order valence-electron chi connectivity index (χ0n) is 11.0. The van der Waals surface area contributed by atoms with E-state index in [0.717, 1.165) is 23.7 Å². The fraction of sp³-hybridized carbons (Fsp3) is 0.867. The highest BCUT2D eigenvalue weighted by Gasteiger charge is 2.16. The van der Waals surface area contributed by atoms with Crippen molar-refractivity contribution in [2.45, 2.75) is 59.8 Å². The van der Waals surface area contributed by atoms with Gasteiger partial charge in [0.1, 0.15) is 0 Å². The largest absolute Gasteiger partial charge is 0.0880 e.